The summed E-state index contributed by atoms with van der Waals surface area (Å²) < 4.78 is 0. The van der Waals surface area contributed by atoms with Crippen LogP contribution in [-0.4, -0.2) is 19.0 Å². The second-order valence-corrected chi connectivity index (χ2v) is 6.25. The average molecular weight is 362 g/mol. The van der Waals surface area contributed by atoms with Crippen molar-refractivity contribution in [3.63, 3.8) is 0 Å². The van der Waals surface area contributed by atoms with E-state index in [1.807, 2.05) is 56.3 Å². The van der Waals surface area contributed by atoms with E-state index in [2.05, 4.69) is 35.4 Å². The molecule has 0 saturated carbocycles. The van der Waals surface area contributed by atoms with E-state index in [9.17, 15) is 10.1 Å². The van der Waals surface area contributed by atoms with Crippen LogP contribution in [0, 0.1) is 25.2 Å². The summed E-state index contributed by atoms with van der Waals surface area (Å²) in [5, 5.41) is 15.2. The predicted octanol–water partition coefficient (Wildman–Crippen LogP) is 4.61. The number of hydrogen-bond donors (Lipinski definition) is 2. The molecule has 0 saturated heterocycles. The molecule has 0 heterocycles. The summed E-state index contributed by atoms with van der Waals surface area (Å²) in [6.07, 6.45) is 1.45. The first-order chi connectivity index (χ1) is 13.0. The molecule has 0 radical (unpaired) electrons. The zero-order valence-electron chi connectivity index (χ0n) is 16.3. The van der Waals surface area contributed by atoms with Crippen LogP contribution in [0.25, 0.3) is 0 Å². The fraction of sp³-hybridized carbons (Fsp3) is 0.273. The summed E-state index contributed by atoms with van der Waals surface area (Å²) in [5.74, 6) is -0.434. The highest BCUT2D eigenvalue weighted by atomic mass is 16.1. The van der Waals surface area contributed by atoms with Gasteiger partial charge in [0, 0.05) is 36.4 Å². The van der Waals surface area contributed by atoms with Gasteiger partial charge in [-0.15, -0.1) is 0 Å². The molecule has 0 atom stereocenters. The monoisotopic (exact) mass is 362 g/mol. The zero-order chi connectivity index (χ0) is 19.8. The van der Waals surface area contributed by atoms with Crippen molar-refractivity contribution in [2.45, 2.75) is 27.7 Å². The molecule has 140 valence electrons. The number of hydrogen-bond acceptors (Lipinski definition) is 4. The first-order valence-corrected chi connectivity index (χ1v) is 9.09. The van der Waals surface area contributed by atoms with Gasteiger partial charge < -0.3 is 15.5 Å². The SMILES string of the molecule is CCN(CC)c1ccc(N/C=C(/C#N)C(=O)Nc2ccccc2C)c(C)c1. The third-order valence-electron chi connectivity index (χ3n) is 4.47. The Hall–Kier alpha value is -3.26. The quantitative estimate of drug-likeness (QED) is 0.557. The van der Waals surface area contributed by atoms with Gasteiger partial charge >= 0.3 is 0 Å². The minimum atomic E-state index is -0.434. The molecule has 0 fully saturated rings. The van der Waals surface area contributed by atoms with Gasteiger partial charge in [0.2, 0.25) is 0 Å². The largest absolute Gasteiger partial charge is 0.372 e. The van der Waals surface area contributed by atoms with Crippen molar-refractivity contribution in [1.82, 2.24) is 0 Å². The van der Waals surface area contributed by atoms with E-state index in [0.717, 1.165) is 35.6 Å². The molecule has 5 nitrogen and oxygen atoms in total. The predicted molar refractivity (Wildman–Crippen MR) is 112 cm³/mol. The number of rotatable bonds is 7. The first kappa shape index (κ1) is 20.1. The fourth-order valence-electron chi connectivity index (χ4n) is 2.80. The standard InChI is InChI=1S/C22H26N4O/c1-5-26(6-2)19-11-12-20(17(4)13-19)24-15-18(14-23)22(27)25-21-10-8-7-9-16(21)3/h7-13,15,24H,5-6H2,1-4H3,(H,25,27)/b18-15-. The summed E-state index contributed by atoms with van der Waals surface area (Å²) in [7, 11) is 0. The van der Waals surface area contributed by atoms with Crippen molar-refractivity contribution in [1.29, 1.82) is 5.26 Å². The topological polar surface area (TPSA) is 68.2 Å². The number of benzene rings is 2. The molecule has 5 heteroatoms. The van der Waals surface area contributed by atoms with E-state index in [0.29, 0.717) is 5.69 Å². The van der Waals surface area contributed by atoms with Crippen LogP contribution in [0.15, 0.2) is 54.2 Å². The second kappa shape index (κ2) is 9.44. The van der Waals surface area contributed by atoms with E-state index in [1.54, 1.807) is 0 Å². The van der Waals surface area contributed by atoms with Gasteiger partial charge in [-0.3, -0.25) is 4.79 Å². The third kappa shape index (κ3) is 5.11. The lowest BCUT2D eigenvalue weighted by molar-refractivity contribution is -0.112. The number of para-hydroxylation sites is 1. The van der Waals surface area contributed by atoms with Crippen LogP contribution in [-0.2, 0) is 4.79 Å². The van der Waals surface area contributed by atoms with E-state index in [4.69, 9.17) is 0 Å². The molecule has 2 N–H and O–H groups in total. The Morgan fingerprint density at radius 3 is 2.37 bits per heavy atom. The van der Waals surface area contributed by atoms with Crippen LogP contribution < -0.4 is 15.5 Å². The maximum Gasteiger partial charge on any atom is 0.267 e. The zero-order valence-corrected chi connectivity index (χ0v) is 16.3. The number of nitrogens with zero attached hydrogens (tertiary/aromatic N) is 2. The highest BCUT2D eigenvalue weighted by Crippen LogP contribution is 2.23. The number of nitrogens with one attached hydrogen (secondary N) is 2. The number of amides is 1. The number of anilines is 3. The summed E-state index contributed by atoms with van der Waals surface area (Å²) in [6, 6.07) is 15.5. The van der Waals surface area contributed by atoms with Crippen LogP contribution >= 0.6 is 0 Å². The average Bonchev–Trinajstić information content (AvgIpc) is 2.66. The number of carbonyl (C=O) groups is 1. The highest BCUT2D eigenvalue weighted by Gasteiger charge is 2.11. The lowest BCUT2D eigenvalue weighted by Crippen LogP contribution is -2.21. The summed E-state index contributed by atoms with van der Waals surface area (Å²) >= 11 is 0. The van der Waals surface area contributed by atoms with Gasteiger partial charge in [-0.1, -0.05) is 18.2 Å². The molecule has 2 aromatic rings. The molecule has 1 amide bonds. The van der Waals surface area contributed by atoms with Crippen molar-refractivity contribution in [2.75, 3.05) is 28.6 Å². The molecule has 0 aromatic heterocycles. The Bertz CT molecular complexity index is 876. The molecule has 0 aliphatic rings. The lowest BCUT2D eigenvalue weighted by Gasteiger charge is -2.22. The van der Waals surface area contributed by atoms with Gasteiger partial charge in [0.05, 0.1) is 0 Å². The van der Waals surface area contributed by atoms with E-state index in [-0.39, 0.29) is 5.57 Å². The number of aryl methyl sites for hydroxylation is 2. The van der Waals surface area contributed by atoms with Gasteiger partial charge in [0.1, 0.15) is 11.6 Å². The highest BCUT2D eigenvalue weighted by molar-refractivity contribution is 6.07. The van der Waals surface area contributed by atoms with Gasteiger partial charge in [-0.05, 0) is 63.1 Å². The molecule has 27 heavy (non-hydrogen) atoms. The van der Waals surface area contributed by atoms with Gasteiger partial charge in [-0.2, -0.15) is 5.26 Å². The van der Waals surface area contributed by atoms with Crippen LogP contribution in [0.1, 0.15) is 25.0 Å². The Labute approximate surface area is 161 Å². The van der Waals surface area contributed by atoms with Crippen molar-refractivity contribution >= 4 is 23.0 Å². The minimum absolute atomic E-state index is 0.0190. The van der Waals surface area contributed by atoms with E-state index in [1.165, 1.54) is 6.20 Å². The molecule has 2 rings (SSSR count). The summed E-state index contributed by atoms with van der Waals surface area (Å²) in [4.78, 5) is 14.6. The molecule has 0 aliphatic carbocycles. The van der Waals surface area contributed by atoms with Crippen molar-refractivity contribution in [3.8, 4) is 6.07 Å². The molecule has 0 aliphatic heterocycles. The van der Waals surface area contributed by atoms with Crippen LogP contribution in [0.2, 0.25) is 0 Å². The van der Waals surface area contributed by atoms with Gasteiger partial charge in [-0.25, -0.2) is 0 Å². The van der Waals surface area contributed by atoms with E-state index < -0.39 is 5.91 Å². The summed E-state index contributed by atoms with van der Waals surface area (Å²) in [5.41, 5.74) is 4.73. The van der Waals surface area contributed by atoms with Crippen molar-refractivity contribution < 1.29 is 4.79 Å². The number of carbonyl (C=O) groups excluding carboxylic acids is 1. The van der Waals surface area contributed by atoms with E-state index >= 15 is 0 Å². The second-order valence-electron chi connectivity index (χ2n) is 6.25. The first-order valence-electron chi connectivity index (χ1n) is 9.09. The third-order valence-corrected chi connectivity index (χ3v) is 4.47. The molecule has 0 unspecified atom stereocenters. The van der Waals surface area contributed by atoms with Crippen LogP contribution in [0.3, 0.4) is 0 Å². The Balaban J connectivity index is 2.14. The Morgan fingerprint density at radius 2 is 1.78 bits per heavy atom. The molecular formula is C22H26N4O. The van der Waals surface area contributed by atoms with Crippen LogP contribution in [0.4, 0.5) is 17.1 Å². The Morgan fingerprint density at radius 1 is 1.07 bits per heavy atom. The van der Waals surface area contributed by atoms with Crippen molar-refractivity contribution in [2.24, 2.45) is 0 Å². The molecule has 0 spiro atoms. The maximum atomic E-state index is 12.4. The number of nitriles is 1. The molecular weight excluding hydrogens is 336 g/mol. The van der Waals surface area contributed by atoms with Gasteiger partial charge in [0.15, 0.2) is 0 Å². The van der Waals surface area contributed by atoms with Crippen LogP contribution in [0.5, 0.6) is 0 Å². The summed E-state index contributed by atoms with van der Waals surface area (Å²) in [6.45, 7) is 10.0. The molecule has 0 bridgehead atoms. The normalized spacial score (nSPS) is 10.9. The smallest absolute Gasteiger partial charge is 0.267 e. The maximum absolute atomic E-state index is 12.4. The van der Waals surface area contributed by atoms with Crippen molar-refractivity contribution in [3.05, 3.63) is 65.4 Å². The molecule has 2 aromatic carbocycles. The lowest BCUT2D eigenvalue weighted by atomic mass is 10.1. The fourth-order valence-corrected chi connectivity index (χ4v) is 2.80. The van der Waals surface area contributed by atoms with Gasteiger partial charge in [0.25, 0.3) is 5.91 Å². The minimum Gasteiger partial charge on any atom is -0.372 e. The Kier molecular flexibility index (Phi) is 7.01.